The van der Waals surface area contributed by atoms with Gasteiger partial charge >= 0.3 is 0 Å². The molecule has 4 aromatic rings. The summed E-state index contributed by atoms with van der Waals surface area (Å²) in [5, 5.41) is 10.4. The number of nitrogens with zero attached hydrogens (tertiary/aromatic N) is 2. The predicted molar refractivity (Wildman–Crippen MR) is 134 cm³/mol. The van der Waals surface area contributed by atoms with Crippen molar-refractivity contribution in [3.05, 3.63) is 119 Å². The minimum Gasteiger partial charge on any atom is -0.345 e. The number of hydrogen-bond acceptors (Lipinski definition) is 3. The Balaban J connectivity index is 1.44. The first kappa shape index (κ1) is 23.0. The second kappa shape index (κ2) is 10.2. The average molecular weight is 453 g/mol. The molecule has 0 bridgehead atoms. The van der Waals surface area contributed by atoms with Gasteiger partial charge in [-0.25, -0.2) is 0 Å². The van der Waals surface area contributed by atoms with E-state index in [2.05, 4.69) is 15.7 Å². The minimum atomic E-state index is -0.269. The van der Waals surface area contributed by atoms with Crippen LogP contribution in [0.15, 0.2) is 84.9 Å². The molecule has 34 heavy (non-hydrogen) atoms. The third kappa shape index (κ3) is 5.41. The first-order valence-electron chi connectivity index (χ1n) is 11.3. The fourth-order valence-corrected chi connectivity index (χ4v) is 3.85. The minimum absolute atomic E-state index is 0.160. The molecule has 6 heteroatoms. The summed E-state index contributed by atoms with van der Waals surface area (Å²) in [6.45, 7) is 6.57. The zero-order valence-electron chi connectivity index (χ0n) is 19.6. The van der Waals surface area contributed by atoms with E-state index in [1.54, 1.807) is 36.4 Å². The lowest BCUT2D eigenvalue weighted by Crippen LogP contribution is -2.28. The van der Waals surface area contributed by atoms with Gasteiger partial charge in [0.15, 0.2) is 0 Å². The number of anilines is 1. The Morgan fingerprint density at radius 1 is 0.882 bits per heavy atom. The van der Waals surface area contributed by atoms with Crippen LogP contribution in [0.3, 0.4) is 0 Å². The van der Waals surface area contributed by atoms with E-state index in [1.807, 2.05) is 74.0 Å². The Morgan fingerprint density at radius 3 is 2.24 bits per heavy atom. The summed E-state index contributed by atoms with van der Waals surface area (Å²) >= 11 is 0. The van der Waals surface area contributed by atoms with Crippen LogP contribution in [0, 0.1) is 13.8 Å². The molecule has 1 aromatic heterocycles. The highest BCUT2D eigenvalue weighted by Crippen LogP contribution is 2.19. The quantitative estimate of drug-likeness (QED) is 0.400. The van der Waals surface area contributed by atoms with Crippen LogP contribution in [0.4, 0.5) is 5.69 Å². The third-order valence-electron chi connectivity index (χ3n) is 5.72. The molecule has 0 aliphatic carbocycles. The van der Waals surface area contributed by atoms with E-state index < -0.39 is 0 Å². The molecule has 1 atom stereocenters. The van der Waals surface area contributed by atoms with Crippen LogP contribution in [-0.2, 0) is 6.54 Å². The maximum atomic E-state index is 12.9. The molecule has 6 nitrogen and oxygen atoms in total. The lowest BCUT2D eigenvalue weighted by molar-refractivity contribution is 0.0940. The monoisotopic (exact) mass is 452 g/mol. The fraction of sp³-hybridized carbons (Fsp3) is 0.179. The molecular formula is C28H28N4O2. The molecule has 0 fully saturated rings. The van der Waals surface area contributed by atoms with Crippen LogP contribution < -0.4 is 10.6 Å². The number of aromatic nitrogens is 2. The van der Waals surface area contributed by atoms with Crippen molar-refractivity contribution in [1.82, 2.24) is 15.1 Å². The summed E-state index contributed by atoms with van der Waals surface area (Å²) in [6.07, 6.45) is 0. The van der Waals surface area contributed by atoms with Crippen molar-refractivity contribution in [1.29, 1.82) is 0 Å². The van der Waals surface area contributed by atoms with Gasteiger partial charge in [0.25, 0.3) is 11.8 Å². The number of carbonyl (C=O) groups excluding carboxylic acids is 2. The van der Waals surface area contributed by atoms with Crippen molar-refractivity contribution in [3.8, 4) is 0 Å². The highest BCUT2D eigenvalue weighted by molar-refractivity contribution is 6.09. The third-order valence-corrected chi connectivity index (χ3v) is 5.72. The number of para-hydroxylation sites is 1. The molecule has 0 unspecified atom stereocenters. The van der Waals surface area contributed by atoms with Crippen molar-refractivity contribution >= 4 is 17.5 Å². The second-order valence-corrected chi connectivity index (χ2v) is 8.39. The van der Waals surface area contributed by atoms with Gasteiger partial charge in [-0.1, -0.05) is 54.6 Å². The van der Waals surface area contributed by atoms with Crippen LogP contribution in [-0.4, -0.2) is 21.6 Å². The second-order valence-electron chi connectivity index (χ2n) is 8.39. The molecule has 4 rings (SSSR count). The van der Waals surface area contributed by atoms with Crippen molar-refractivity contribution < 1.29 is 9.59 Å². The van der Waals surface area contributed by atoms with Gasteiger partial charge in [0.2, 0.25) is 0 Å². The first-order chi connectivity index (χ1) is 16.4. The molecule has 3 aromatic carbocycles. The maximum Gasteiger partial charge on any atom is 0.255 e. The zero-order chi connectivity index (χ0) is 24.1. The average Bonchev–Trinajstić information content (AvgIpc) is 3.16. The Hall–Kier alpha value is -4.19. The SMILES string of the molecule is Cc1cc(C)n(Cc2ccc(C(=O)Nc3ccccc3C(=O)N[C@H](C)c3ccccc3)cc2)n1. The number of aryl methyl sites for hydroxylation is 2. The number of hydrogen-bond donors (Lipinski definition) is 2. The van der Waals surface area contributed by atoms with Gasteiger partial charge in [0, 0.05) is 11.3 Å². The smallest absolute Gasteiger partial charge is 0.255 e. The predicted octanol–water partition coefficient (Wildman–Crippen LogP) is 5.29. The Bertz CT molecular complexity index is 1290. The summed E-state index contributed by atoms with van der Waals surface area (Å²) in [6, 6.07) is 26.1. The van der Waals surface area contributed by atoms with Crippen LogP contribution >= 0.6 is 0 Å². The van der Waals surface area contributed by atoms with E-state index in [0.717, 1.165) is 22.5 Å². The number of amides is 2. The molecule has 0 aliphatic heterocycles. The Morgan fingerprint density at radius 2 is 1.56 bits per heavy atom. The number of rotatable bonds is 7. The highest BCUT2D eigenvalue weighted by atomic mass is 16.2. The van der Waals surface area contributed by atoms with Crippen LogP contribution in [0.5, 0.6) is 0 Å². The van der Waals surface area contributed by atoms with Crippen LogP contribution in [0.1, 0.15) is 56.2 Å². The molecule has 2 amide bonds. The molecule has 2 N–H and O–H groups in total. The number of carbonyl (C=O) groups is 2. The van der Waals surface area contributed by atoms with E-state index in [0.29, 0.717) is 23.4 Å². The van der Waals surface area contributed by atoms with E-state index in [-0.39, 0.29) is 17.9 Å². The Labute approximate surface area is 199 Å². The molecule has 0 aliphatic rings. The van der Waals surface area contributed by atoms with Gasteiger partial charge in [-0.05, 0) is 62.2 Å². The maximum absolute atomic E-state index is 12.9. The number of nitrogens with one attached hydrogen (secondary N) is 2. The molecule has 0 saturated heterocycles. The standard InChI is InChI=1S/C28H28N4O2/c1-19-17-20(2)32(31-19)18-22-13-15-24(16-14-22)27(33)30-26-12-8-7-11-25(26)28(34)29-21(3)23-9-5-4-6-10-23/h4-17,21H,18H2,1-3H3,(H,29,34)(H,30,33)/t21-/m1/s1. The highest BCUT2D eigenvalue weighted by Gasteiger charge is 2.16. The van der Waals surface area contributed by atoms with E-state index >= 15 is 0 Å². The summed E-state index contributed by atoms with van der Waals surface area (Å²) < 4.78 is 1.94. The van der Waals surface area contributed by atoms with Gasteiger partial charge in [-0.2, -0.15) is 5.10 Å². The van der Waals surface area contributed by atoms with Crippen molar-refractivity contribution in [2.45, 2.75) is 33.4 Å². The summed E-state index contributed by atoms with van der Waals surface area (Å²) in [4.78, 5) is 25.8. The lowest BCUT2D eigenvalue weighted by Gasteiger charge is -2.16. The largest absolute Gasteiger partial charge is 0.345 e. The van der Waals surface area contributed by atoms with Gasteiger partial charge < -0.3 is 10.6 Å². The topological polar surface area (TPSA) is 76.0 Å². The molecule has 0 radical (unpaired) electrons. The van der Waals surface area contributed by atoms with E-state index in [9.17, 15) is 9.59 Å². The molecule has 0 spiro atoms. The van der Waals surface area contributed by atoms with Crippen LogP contribution in [0.2, 0.25) is 0 Å². The molecule has 172 valence electrons. The van der Waals surface area contributed by atoms with Crippen molar-refractivity contribution in [2.24, 2.45) is 0 Å². The van der Waals surface area contributed by atoms with Crippen LogP contribution in [0.25, 0.3) is 0 Å². The molecule has 1 heterocycles. The summed E-state index contributed by atoms with van der Waals surface area (Å²) in [7, 11) is 0. The molecular weight excluding hydrogens is 424 g/mol. The lowest BCUT2D eigenvalue weighted by atomic mass is 10.1. The van der Waals surface area contributed by atoms with E-state index in [1.165, 1.54) is 0 Å². The van der Waals surface area contributed by atoms with Crippen molar-refractivity contribution in [2.75, 3.05) is 5.32 Å². The number of benzene rings is 3. The summed E-state index contributed by atoms with van der Waals surface area (Å²) in [5.74, 6) is -0.512. The van der Waals surface area contributed by atoms with Gasteiger partial charge in [0.05, 0.1) is 29.5 Å². The normalized spacial score (nSPS) is 11.6. The zero-order valence-corrected chi connectivity index (χ0v) is 19.6. The summed E-state index contributed by atoms with van der Waals surface area (Å²) in [5.41, 5.74) is 5.54. The van der Waals surface area contributed by atoms with E-state index in [4.69, 9.17) is 0 Å². The van der Waals surface area contributed by atoms with Gasteiger partial charge in [-0.15, -0.1) is 0 Å². The fourth-order valence-electron chi connectivity index (χ4n) is 3.85. The Kier molecular flexibility index (Phi) is 6.87. The molecule has 0 saturated carbocycles. The van der Waals surface area contributed by atoms with Gasteiger partial charge in [-0.3, -0.25) is 14.3 Å². The van der Waals surface area contributed by atoms with Gasteiger partial charge in [0.1, 0.15) is 0 Å². The first-order valence-corrected chi connectivity index (χ1v) is 11.3. The van der Waals surface area contributed by atoms with Crippen molar-refractivity contribution in [3.63, 3.8) is 0 Å².